The van der Waals surface area contributed by atoms with Crippen molar-refractivity contribution in [2.75, 3.05) is 26.8 Å². The molecule has 1 amide bonds. The SMILES string of the molecule is COC1CNC(C(=O)NCCCOc2ccccc2)C1. The average Bonchev–Trinajstić information content (AvgIpc) is 2.97. The summed E-state index contributed by atoms with van der Waals surface area (Å²) in [6.07, 6.45) is 1.68. The molecule has 5 heteroatoms. The highest BCUT2D eigenvalue weighted by atomic mass is 16.5. The number of para-hydroxylation sites is 1. The van der Waals surface area contributed by atoms with E-state index in [4.69, 9.17) is 9.47 Å². The summed E-state index contributed by atoms with van der Waals surface area (Å²) in [7, 11) is 1.67. The van der Waals surface area contributed by atoms with Crippen molar-refractivity contribution in [2.45, 2.75) is 25.0 Å². The Labute approximate surface area is 119 Å². The third-order valence-electron chi connectivity index (χ3n) is 3.37. The number of amides is 1. The minimum absolute atomic E-state index is 0.0456. The Kier molecular flexibility index (Phi) is 5.83. The predicted molar refractivity (Wildman–Crippen MR) is 76.8 cm³/mol. The molecule has 2 atom stereocenters. The molecule has 0 spiro atoms. The number of rotatable bonds is 7. The van der Waals surface area contributed by atoms with Crippen molar-refractivity contribution in [3.05, 3.63) is 30.3 Å². The fraction of sp³-hybridized carbons (Fsp3) is 0.533. The maximum atomic E-state index is 11.9. The number of methoxy groups -OCH3 is 1. The van der Waals surface area contributed by atoms with Gasteiger partial charge in [0, 0.05) is 20.2 Å². The van der Waals surface area contributed by atoms with E-state index in [0.29, 0.717) is 13.2 Å². The third kappa shape index (κ3) is 4.51. The van der Waals surface area contributed by atoms with Gasteiger partial charge in [0.25, 0.3) is 0 Å². The van der Waals surface area contributed by atoms with Crippen molar-refractivity contribution in [3.63, 3.8) is 0 Å². The highest BCUT2D eigenvalue weighted by Gasteiger charge is 2.28. The fourth-order valence-corrected chi connectivity index (χ4v) is 2.20. The quantitative estimate of drug-likeness (QED) is 0.729. The van der Waals surface area contributed by atoms with E-state index >= 15 is 0 Å². The first-order valence-electron chi connectivity index (χ1n) is 7.01. The molecule has 1 aliphatic heterocycles. The van der Waals surface area contributed by atoms with Crippen LogP contribution in [0, 0.1) is 0 Å². The molecule has 0 saturated carbocycles. The van der Waals surface area contributed by atoms with E-state index in [1.54, 1.807) is 7.11 Å². The highest BCUT2D eigenvalue weighted by Crippen LogP contribution is 2.10. The van der Waals surface area contributed by atoms with Gasteiger partial charge in [0.1, 0.15) is 5.75 Å². The summed E-state index contributed by atoms with van der Waals surface area (Å²) < 4.78 is 10.8. The van der Waals surface area contributed by atoms with Gasteiger partial charge in [0.05, 0.1) is 18.8 Å². The highest BCUT2D eigenvalue weighted by molar-refractivity contribution is 5.82. The van der Waals surface area contributed by atoms with Gasteiger partial charge in [-0.15, -0.1) is 0 Å². The summed E-state index contributed by atoms with van der Waals surface area (Å²) in [4.78, 5) is 11.9. The largest absolute Gasteiger partial charge is 0.494 e. The molecule has 2 unspecified atom stereocenters. The summed E-state index contributed by atoms with van der Waals surface area (Å²) in [5, 5.41) is 6.07. The summed E-state index contributed by atoms with van der Waals surface area (Å²) in [6.45, 7) is 1.97. The molecule has 2 N–H and O–H groups in total. The zero-order valence-electron chi connectivity index (χ0n) is 11.8. The molecule has 110 valence electrons. The van der Waals surface area contributed by atoms with Crippen LogP contribution in [-0.2, 0) is 9.53 Å². The lowest BCUT2D eigenvalue weighted by atomic mass is 10.2. The first kappa shape index (κ1) is 14.8. The molecule has 1 aliphatic rings. The zero-order valence-corrected chi connectivity index (χ0v) is 11.8. The fourth-order valence-electron chi connectivity index (χ4n) is 2.20. The smallest absolute Gasteiger partial charge is 0.237 e. The van der Waals surface area contributed by atoms with Crippen molar-refractivity contribution in [1.82, 2.24) is 10.6 Å². The molecule has 1 aromatic rings. The minimum atomic E-state index is -0.130. The normalized spacial score (nSPS) is 21.6. The van der Waals surface area contributed by atoms with Gasteiger partial charge in [0.15, 0.2) is 0 Å². The summed E-state index contributed by atoms with van der Waals surface area (Å²) in [5.41, 5.74) is 0. The second-order valence-corrected chi connectivity index (χ2v) is 4.86. The molecular weight excluding hydrogens is 256 g/mol. The lowest BCUT2D eigenvalue weighted by Crippen LogP contribution is -2.40. The molecule has 2 rings (SSSR count). The van der Waals surface area contributed by atoms with Gasteiger partial charge in [-0.25, -0.2) is 0 Å². The van der Waals surface area contributed by atoms with Crippen LogP contribution in [-0.4, -0.2) is 44.9 Å². The van der Waals surface area contributed by atoms with E-state index in [9.17, 15) is 4.79 Å². The van der Waals surface area contributed by atoms with Crippen LogP contribution in [0.5, 0.6) is 5.75 Å². The number of carbonyl (C=O) groups excluding carboxylic acids is 1. The summed E-state index contributed by atoms with van der Waals surface area (Å²) >= 11 is 0. The van der Waals surface area contributed by atoms with E-state index in [1.807, 2.05) is 30.3 Å². The van der Waals surface area contributed by atoms with Crippen molar-refractivity contribution in [1.29, 1.82) is 0 Å². The van der Waals surface area contributed by atoms with Crippen molar-refractivity contribution < 1.29 is 14.3 Å². The molecule has 1 heterocycles. The molecule has 1 saturated heterocycles. The molecule has 0 radical (unpaired) electrons. The molecule has 0 aliphatic carbocycles. The van der Waals surface area contributed by atoms with E-state index < -0.39 is 0 Å². The van der Waals surface area contributed by atoms with Gasteiger partial charge in [-0.1, -0.05) is 18.2 Å². The first-order valence-corrected chi connectivity index (χ1v) is 7.01. The standard InChI is InChI=1S/C15H22N2O3/c1-19-13-10-14(17-11-13)15(18)16-8-5-9-20-12-6-3-2-4-7-12/h2-4,6-7,13-14,17H,5,8-11H2,1H3,(H,16,18). The molecule has 20 heavy (non-hydrogen) atoms. The predicted octanol–water partition coefficient (Wildman–Crippen LogP) is 0.949. The van der Waals surface area contributed by atoms with Crippen molar-refractivity contribution >= 4 is 5.91 Å². The Balaban J connectivity index is 1.56. The van der Waals surface area contributed by atoms with Gasteiger partial charge in [-0.05, 0) is 25.0 Å². The maximum Gasteiger partial charge on any atom is 0.237 e. The molecule has 0 bridgehead atoms. The Hall–Kier alpha value is -1.59. The number of ether oxygens (including phenoxy) is 2. The number of nitrogens with one attached hydrogen (secondary N) is 2. The monoisotopic (exact) mass is 278 g/mol. The Morgan fingerprint density at radius 3 is 2.90 bits per heavy atom. The van der Waals surface area contributed by atoms with Crippen LogP contribution in [0.3, 0.4) is 0 Å². The second-order valence-electron chi connectivity index (χ2n) is 4.86. The van der Waals surface area contributed by atoms with Crippen LogP contribution in [0.15, 0.2) is 30.3 Å². The second kappa shape index (κ2) is 7.87. The molecular formula is C15H22N2O3. The van der Waals surface area contributed by atoms with E-state index in [0.717, 1.165) is 25.1 Å². The van der Waals surface area contributed by atoms with E-state index in [1.165, 1.54) is 0 Å². The lowest BCUT2D eigenvalue weighted by molar-refractivity contribution is -0.122. The zero-order chi connectivity index (χ0) is 14.2. The topological polar surface area (TPSA) is 59.6 Å². The summed E-state index contributed by atoms with van der Waals surface area (Å²) in [6, 6.07) is 9.55. The maximum absolute atomic E-state index is 11.9. The number of benzene rings is 1. The number of carbonyl (C=O) groups is 1. The Morgan fingerprint density at radius 1 is 1.40 bits per heavy atom. The van der Waals surface area contributed by atoms with E-state index in [2.05, 4.69) is 10.6 Å². The van der Waals surface area contributed by atoms with Crippen molar-refractivity contribution in [3.8, 4) is 5.75 Å². The minimum Gasteiger partial charge on any atom is -0.494 e. The third-order valence-corrected chi connectivity index (χ3v) is 3.37. The molecule has 1 fully saturated rings. The van der Waals surface area contributed by atoms with E-state index in [-0.39, 0.29) is 18.1 Å². The van der Waals surface area contributed by atoms with Crippen LogP contribution in [0.2, 0.25) is 0 Å². The number of hydrogen-bond donors (Lipinski definition) is 2. The van der Waals surface area contributed by atoms with Gasteiger partial charge in [-0.3, -0.25) is 4.79 Å². The number of hydrogen-bond acceptors (Lipinski definition) is 4. The summed E-state index contributed by atoms with van der Waals surface area (Å²) in [5.74, 6) is 0.906. The van der Waals surface area contributed by atoms with Crippen molar-refractivity contribution in [2.24, 2.45) is 0 Å². The van der Waals surface area contributed by atoms with Gasteiger partial charge >= 0.3 is 0 Å². The van der Waals surface area contributed by atoms with Gasteiger partial charge < -0.3 is 20.1 Å². The average molecular weight is 278 g/mol. The van der Waals surface area contributed by atoms with Gasteiger partial charge in [0.2, 0.25) is 5.91 Å². The Morgan fingerprint density at radius 2 is 2.20 bits per heavy atom. The van der Waals surface area contributed by atoms with Crippen LogP contribution >= 0.6 is 0 Å². The lowest BCUT2D eigenvalue weighted by Gasteiger charge is -2.11. The Bertz CT molecular complexity index is 411. The molecule has 1 aromatic carbocycles. The van der Waals surface area contributed by atoms with Gasteiger partial charge in [-0.2, -0.15) is 0 Å². The van der Waals surface area contributed by atoms with Crippen LogP contribution in [0.1, 0.15) is 12.8 Å². The van der Waals surface area contributed by atoms with Crippen LogP contribution < -0.4 is 15.4 Å². The van der Waals surface area contributed by atoms with Crippen LogP contribution in [0.4, 0.5) is 0 Å². The van der Waals surface area contributed by atoms with Crippen LogP contribution in [0.25, 0.3) is 0 Å². The first-order chi connectivity index (χ1) is 9.79. The molecule has 0 aromatic heterocycles. The molecule has 5 nitrogen and oxygen atoms in total.